The van der Waals surface area contributed by atoms with Crippen LogP contribution >= 0.6 is 22.9 Å². The van der Waals surface area contributed by atoms with Gasteiger partial charge in [0.15, 0.2) is 4.34 Å². The number of halogens is 1. The van der Waals surface area contributed by atoms with Gasteiger partial charge in [-0.1, -0.05) is 11.6 Å². The van der Waals surface area contributed by atoms with Gasteiger partial charge in [-0.25, -0.2) is 13.1 Å². The average molecular weight is 314 g/mol. The maximum absolute atomic E-state index is 11.8. The lowest BCUT2D eigenvalue weighted by Gasteiger charge is -2.03. The van der Waals surface area contributed by atoms with Crippen molar-refractivity contribution in [3.63, 3.8) is 0 Å². The van der Waals surface area contributed by atoms with Crippen LogP contribution in [0.1, 0.15) is 6.42 Å². The highest BCUT2D eigenvalue weighted by molar-refractivity contribution is 7.91. The molecule has 1 aromatic rings. The van der Waals surface area contributed by atoms with Crippen LogP contribution < -0.4 is 10.0 Å². The molecule has 102 valence electrons. The van der Waals surface area contributed by atoms with E-state index >= 15 is 0 Å². The van der Waals surface area contributed by atoms with Gasteiger partial charge in [0, 0.05) is 12.6 Å². The van der Waals surface area contributed by atoms with Crippen molar-refractivity contribution in [1.82, 2.24) is 10.0 Å². The summed E-state index contributed by atoms with van der Waals surface area (Å²) in [4.78, 5) is 9.86. The van der Waals surface area contributed by atoms with Gasteiger partial charge in [-0.2, -0.15) is 0 Å². The number of rotatable bonds is 7. The van der Waals surface area contributed by atoms with Gasteiger partial charge in [-0.3, -0.25) is 10.1 Å². The standard InChI is InChI=1S/C8H12ClN3O4S2/c1-10-3-2-4-11-18(15,16)7-5-6(12(13)14)8(9)17-7/h5,10-11H,2-4H2,1H3. The molecule has 10 heteroatoms. The molecular formula is C8H12ClN3O4S2. The zero-order chi connectivity index (χ0) is 13.8. The molecule has 0 atom stereocenters. The molecule has 0 aliphatic carbocycles. The summed E-state index contributed by atoms with van der Waals surface area (Å²) in [5.41, 5.74) is -0.391. The second-order valence-electron chi connectivity index (χ2n) is 3.34. The Hall–Kier alpha value is -0.740. The topological polar surface area (TPSA) is 101 Å². The van der Waals surface area contributed by atoms with Crippen molar-refractivity contribution in [3.8, 4) is 0 Å². The number of hydrogen-bond donors (Lipinski definition) is 2. The van der Waals surface area contributed by atoms with Crippen molar-refractivity contribution in [3.05, 3.63) is 20.5 Å². The molecule has 0 aliphatic rings. The number of sulfonamides is 1. The minimum atomic E-state index is -3.72. The molecule has 0 saturated heterocycles. The molecule has 0 amide bonds. The third-order valence-corrected chi connectivity index (χ3v) is 5.28. The lowest BCUT2D eigenvalue weighted by atomic mass is 10.4. The summed E-state index contributed by atoms with van der Waals surface area (Å²) in [6.45, 7) is 0.931. The fraction of sp³-hybridized carbons (Fsp3) is 0.500. The number of thiophene rings is 1. The Morgan fingerprint density at radius 1 is 1.50 bits per heavy atom. The lowest BCUT2D eigenvalue weighted by Crippen LogP contribution is -2.26. The predicted molar refractivity (Wildman–Crippen MR) is 69.7 cm³/mol. The Balaban J connectivity index is 2.79. The number of hydrogen-bond acceptors (Lipinski definition) is 6. The molecule has 1 rings (SSSR count). The van der Waals surface area contributed by atoms with Crippen LogP contribution in [0.15, 0.2) is 10.3 Å². The van der Waals surface area contributed by atoms with E-state index in [-0.39, 0.29) is 15.1 Å². The smallest absolute Gasteiger partial charge is 0.300 e. The zero-order valence-electron chi connectivity index (χ0n) is 9.47. The van der Waals surface area contributed by atoms with Gasteiger partial charge >= 0.3 is 0 Å². The Bertz CT molecular complexity index is 528. The van der Waals surface area contributed by atoms with Crippen molar-refractivity contribution in [2.75, 3.05) is 20.1 Å². The molecule has 0 spiro atoms. The highest BCUT2D eigenvalue weighted by atomic mass is 35.5. The van der Waals surface area contributed by atoms with E-state index in [4.69, 9.17) is 11.6 Å². The highest BCUT2D eigenvalue weighted by Gasteiger charge is 2.24. The van der Waals surface area contributed by atoms with Crippen LogP contribution in [0.5, 0.6) is 0 Å². The molecule has 2 N–H and O–H groups in total. The summed E-state index contributed by atoms with van der Waals surface area (Å²) in [6, 6.07) is 0.966. The largest absolute Gasteiger partial charge is 0.320 e. The molecule has 0 saturated carbocycles. The Kier molecular flexibility index (Phi) is 5.47. The van der Waals surface area contributed by atoms with Gasteiger partial charge in [0.05, 0.1) is 4.92 Å². The van der Waals surface area contributed by atoms with Gasteiger partial charge in [-0.05, 0) is 20.0 Å². The van der Waals surface area contributed by atoms with Crippen LogP contribution in [0.4, 0.5) is 5.69 Å². The van der Waals surface area contributed by atoms with E-state index in [1.165, 1.54) is 0 Å². The zero-order valence-corrected chi connectivity index (χ0v) is 11.9. The van der Waals surface area contributed by atoms with E-state index in [0.29, 0.717) is 24.3 Å². The van der Waals surface area contributed by atoms with E-state index in [0.717, 1.165) is 6.07 Å². The van der Waals surface area contributed by atoms with E-state index < -0.39 is 20.6 Å². The Morgan fingerprint density at radius 2 is 2.17 bits per heavy atom. The quantitative estimate of drug-likeness (QED) is 0.447. The number of nitrogens with one attached hydrogen (secondary N) is 2. The lowest BCUT2D eigenvalue weighted by molar-refractivity contribution is -0.384. The van der Waals surface area contributed by atoms with Gasteiger partial charge in [0.25, 0.3) is 5.69 Å². The first-order chi connectivity index (χ1) is 8.38. The van der Waals surface area contributed by atoms with Crippen molar-refractivity contribution in [1.29, 1.82) is 0 Å². The molecule has 0 unspecified atom stereocenters. The normalized spacial score (nSPS) is 11.7. The van der Waals surface area contributed by atoms with E-state index in [9.17, 15) is 18.5 Å². The molecule has 0 radical (unpaired) electrons. The summed E-state index contributed by atoms with van der Waals surface area (Å²) >= 11 is 6.28. The van der Waals surface area contributed by atoms with Crippen LogP contribution in [0, 0.1) is 10.1 Å². The molecule has 7 nitrogen and oxygen atoms in total. The number of nitrogens with zero attached hydrogens (tertiary/aromatic N) is 1. The Labute approximate surface area is 113 Å². The average Bonchev–Trinajstić information content (AvgIpc) is 2.68. The molecule has 1 heterocycles. The molecule has 0 fully saturated rings. The van der Waals surface area contributed by atoms with E-state index in [1.807, 2.05) is 0 Å². The first kappa shape index (κ1) is 15.3. The minimum Gasteiger partial charge on any atom is -0.320 e. The summed E-state index contributed by atoms with van der Waals surface area (Å²) in [5, 5.41) is 13.4. The Morgan fingerprint density at radius 3 is 2.67 bits per heavy atom. The van der Waals surface area contributed by atoms with Crippen LogP contribution in [-0.2, 0) is 10.0 Å². The van der Waals surface area contributed by atoms with Crippen LogP contribution in [0.2, 0.25) is 4.34 Å². The SMILES string of the molecule is CNCCCNS(=O)(=O)c1cc([N+](=O)[O-])c(Cl)s1. The summed E-state index contributed by atoms with van der Waals surface area (Å²) in [5.74, 6) is 0. The van der Waals surface area contributed by atoms with Crippen LogP contribution in [0.3, 0.4) is 0 Å². The van der Waals surface area contributed by atoms with Crippen molar-refractivity contribution in [2.24, 2.45) is 0 Å². The maximum Gasteiger partial charge on any atom is 0.300 e. The highest BCUT2D eigenvalue weighted by Crippen LogP contribution is 2.35. The van der Waals surface area contributed by atoms with E-state index in [1.54, 1.807) is 7.05 Å². The summed E-state index contributed by atoms with van der Waals surface area (Å²) in [7, 11) is -1.96. The third kappa shape index (κ3) is 3.89. The maximum atomic E-state index is 11.8. The molecule has 0 bridgehead atoms. The van der Waals surface area contributed by atoms with Gasteiger partial charge in [-0.15, -0.1) is 11.3 Å². The summed E-state index contributed by atoms with van der Waals surface area (Å²) < 4.78 is 25.6. The van der Waals surface area contributed by atoms with Gasteiger partial charge in [0.2, 0.25) is 10.0 Å². The molecule has 0 aliphatic heterocycles. The fourth-order valence-electron chi connectivity index (χ4n) is 1.14. The fourth-order valence-corrected chi connectivity index (χ4v) is 3.92. The van der Waals surface area contributed by atoms with Crippen molar-refractivity contribution < 1.29 is 13.3 Å². The molecule has 18 heavy (non-hydrogen) atoms. The second-order valence-corrected chi connectivity index (χ2v) is 6.98. The van der Waals surface area contributed by atoms with Crippen molar-refractivity contribution >= 4 is 38.6 Å². The first-order valence-corrected chi connectivity index (χ1v) is 7.64. The van der Waals surface area contributed by atoms with Crippen LogP contribution in [-0.4, -0.2) is 33.5 Å². The molecule has 1 aromatic heterocycles. The third-order valence-electron chi connectivity index (χ3n) is 2.00. The molecular weight excluding hydrogens is 302 g/mol. The predicted octanol–water partition coefficient (Wildman–Crippen LogP) is 1.20. The van der Waals surface area contributed by atoms with Gasteiger partial charge in [0.1, 0.15) is 4.21 Å². The first-order valence-electron chi connectivity index (χ1n) is 4.96. The second kappa shape index (κ2) is 6.43. The summed E-state index contributed by atoms with van der Waals surface area (Å²) in [6.07, 6.45) is 0.622. The van der Waals surface area contributed by atoms with Gasteiger partial charge < -0.3 is 5.32 Å². The van der Waals surface area contributed by atoms with Crippen LogP contribution in [0.25, 0.3) is 0 Å². The molecule has 0 aromatic carbocycles. The number of nitro groups is 1. The van der Waals surface area contributed by atoms with E-state index in [2.05, 4.69) is 10.0 Å². The van der Waals surface area contributed by atoms with Crippen molar-refractivity contribution in [2.45, 2.75) is 10.6 Å². The minimum absolute atomic E-state index is 0.143. The monoisotopic (exact) mass is 313 g/mol.